The van der Waals surface area contributed by atoms with Crippen LogP contribution in [0.2, 0.25) is 0 Å². The lowest BCUT2D eigenvalue weighted by Crippen LogP contribution is -2.26. The molecule has 1 aliphatic carbocycles. The number of hydrogen-bond acceptors (Lipinski definition) is 0. The zero-order valence-electron chi connectivity index (χ0n) is 8.48. The third kappa shape index (κ3) is 1.60. The molecule has 11 heavy (non-hydrogen) atoms. The zero-order chi connectivity index (χ0) is 8.48. The highest BCUT2D eigenvalue weighted by Crippen LogP contribution is 2.52. The van der Waals surface area contributed by atoms with Crippen molar-refractivity contribution in [3.8, 4) is 0 Å². The maximum atomic E-state index is 2.48. The predicted molar refractivity (Wildman–Crippen MR) is 50.6 cm³/mol. The Morgan fingerprint density at radius 2 is 1.91 bits per heavy atom. The first kappa shape index (κ1) is 9.09. The van der Waals surface area contributed by atoms with E-state index in [-0.39, 0.29) is 0 Å². The Labute approximate surface area is 71.4 Å². The van der Waals surface area contributed by atoms with Crippen LogP contribution in [-0.4, -0.2) is 0 Å². The Morgan fingerprint density at radius 1 is 1.36 bits per heavy atom. The minimum Gasteiger partial charge on any atom is -0.0651 e. The van der Waals surface area contributed by atoms with Gasteiger partial charge < -0.3 is 0 Å². The van der Waals surface area contributed by atoms with Gasteiger partial charge in [-0.1, -0.05) is 40.5 Å². The molecule has 0 aromatic heterocycles. The van der Waals surface area contributed by atoms with Gasteiger partial charge in [0.05, 0.1) is 0 Å². The van der Waals surface area contributed by atoms with Crippen LogP contribution in [0.3, 0.4) is 0 Å². The first-order valence-electron chi connectivity index (χ1n) is 5.15. The van der Waals surface area contributed by atoms with E-state index in [9.17, 15) is 0 Å². The molecule has 0 heteroatoms. The summed E-state index contributed by atoms with van der Waals surface area (Å²) < 4.78 is 0. The average Bonchev–Trinajstić information content (AvgIpc) is 2.84. The van der Waals surface area contributed by atoms with Gasteiger partial charge in [-0.15, -0.1) is 0 Å². The summed E-state index contributed by atoms with van der Waals surface area (Å²) in [6.45, 7) is 9.58. The van der Waals surface area contributed by atoms with E-state index in [1.54, 1.807) is 0 Å². The van der Waals surface area contributed by atoms with Crippen LogP contribution in [0.25, 0.3) is 0 Å². The van der Waals surface area contributed by atoms with Gasteiger partial charge in [-0.3, -0.25) is 0 Å². The van der Waals surface area contributed by atoms with E-state index in [0.29, 0.717) is 5.41 Å². The standard InChI is InChI=1S/C11H22/c1-5-9(3)11(4,6-2)10-7-8-10/h9-10H,5-8H2,1-4H3. The zero-order valence-corrected chi connectivity index (χ0v) is 8.48. The van der Waals surface area contributed by atoms with Gasteiger partial charge in [-0.2, -0.15) is 0 Å². The first-order chi connectivity index (χ1) is 5.15. The fourth-order valence-corrected chi connectivity index (χ4v) is 2.25. The number of rotatable bonds is 4. The quantitative estimate of drug-likeness (QED) is 0.577. The van der Waals surface area contributed by atoms with Crippen LogP contribution in [0.15, 0.2) is 0 Å². The van der Waals surface area contributed by atoms with Gasteiger partial charge in [0, 0.05) is 0 Å². The van der Waals surface area contributed by atoms with Crippen LogP contribution >= 0.6 is 0 Å². The van der Waals surface area contributed by atoms with Crippen molar-refractivity contribution in [1.29, 1.82) is 0 Å². The van der Waals surface area contributed by atoms with Crippen molar-refractivity contribution < 1.29 is 0 Å². The molecule has 2 atom stereocenters. The molecule has 0 amide bonds. The average molecular weight is 154 g/mol. The van der Waals surface area contributed by atoms with Crippen molar-refractivity contribution in [2.24, 2.45) is 17.3 Å². The molecule has 1 fully saturated rings. The Kier molecular flexibility index (Phi) is 2.61. The Bertz CT molecular complexity index is 124. The van der Waals surface area contributed by atoms with E-state index in [1.165, 1.54) is 25.7 Å². The van der Waals surface area contributed by atoms with Crippen molar-refractivity contribution in [3.63, 3.8) is 0 Å². The van der Waals surface area contributed by atoms with Crippen LogP contribution in [0.4, 0.5) is 0 Å². The van der Waals surface area contributed by atoms with Gasteiger partial charge in [-0.05, 0) is 30.1 Å². The molecule has 0 aliphatic heterocycles. The molecule has 66 valence electrons. The second kappa shape index (κ2) is 3.16. The molecule has 0 saturated heterocycles. The van der Waals surface area contributed by atoms with Crippen LogP contribution in [0.1, 0.15) is 53.4 Å². The van der Waals surface area contributed by atoms with Crippen LogP contribution < -0.4 is 0 Å². The summed E-state index contributed by atoms with van der Waals surface area (Å²) in [7, 11) is 0. The molecule has 0 nitrogen and oxygen atoms in total. The van der Waals surface area contributed by atoms with Crippen molar-refractivity contribution in [2.45, 2.75) is 53.4 Å². The highest BCUT2D eigenvalue weighted by molar-refractivity contribution is 4.92. The van der Waals surface area contributed by atoms with Crippen molar-refractivity contribution in [1.82, 2.24) is 0 Å². The lowest BCUT2D eigenvalue weighted by Gasteiger charge is -2.34. The number of hydrogen-bond donors (Lipinski definition) is 0. The molecule has 0 spiro atoms. The summed E-state index contributed by atoms with van der Waals surface area (Å²) in [4.78, 5) is 0. The van der Waals surface area contributed by atoms with Gasteiger partial charge in [0.25, 0.3) is 0 Å². The van der Waals surface area contributed by atoms with Gasteiger partial charge >= 0.3 is 0 Å². The summed E-state index contributed by atoms with van der Waals surface area (Å²) in [5, 5.41) is 0. The topological polar surface area (TPSA) is 0 Å². The summed E-state index contributed by atoms with van der Waals surface area (Å²) in [5.74, 6) is 1.97. The fourth-order valence-electron chi connectivity index (χ4n) is 2.25. The Hall–Kier alpha value is 0. The van der Waals surface area contributed by atoms with Crippen LogP contribution in [-0.2, 0) is 0 Å². The third-order valence-electron chi connectivity index (χ3n) is 4.01. The van der Waals surface area contributed by atoms with Crippen LogP contribution in [0, 0.1) is 17.3 Å². The van der Waals surface area contributed by atoms with Crippen molar-refractivity contribution in [3.05, 3.63) is 0 Å². The van der Waals surface area contributed by atoms with Gasteiger partial charge in [0.2, 0.25) is 0 Å². The maximum Gasteiger partial charge on any atom is -0.0275 e. The second-order valence-electron chi connectivity index (χ2n) is 4.44. The fraction of sp³-hybridized carbons (Fsp3) is 1.00. The first-order valence-corrected chi connectivity index (χ1v) is 5.15. The Balaban J connectivity index is 2.56. The minimum absolute atomic E-state index is 0.661. The molecule has 0 radical (unpaired) electrons. The van der Waals surface area contributed by atoms with E-state index < -0.39 is 0 Å². The van der Waals surface area contributed by atoms with Crippen molar-refractivity contribution in [2.75, 3.05) is 0 Å². The summed E-state index contributed by atoms with van der Waals surface area (Å²) >= 11 is 0. The monoisotopic (exact) mass is 154 g/mol. The predicted octanol–water partition coefficient (Wildman–Crippen LogP) is 3.86. The largest absolute Gasteiger partial charge is 0.0651 e. The SMILES string of the molecule is CCC(C)C(C)(CC)C1CC1. The van der Waals surface area contributed by atoms with Gasteiger partial charge in [-0.25, -0.2) is 0 Å². The van der Waals surface area contributed by atoms with Gasteiger partial charge in [0.15, 0.2) is 0 Å². The molecule has 0 heterocycles. The lowest BCUT2D eigenvalue weighted by molar-refractivity contribution is 0.151. The minimum atomic E-state index is 0.661. The van der Waals surface area contributed by atoms with Crippen LogP contribution in [0.5, 0.6) is 0 Å². The summed E-state index contributed by atoms with van der Waals surface area (Å²) in [6.07, 6.45) is 5.71. The van der Waals surface area contributed by atoms with E-state index in [2.05, 4.69) is 27.7 Å². The second-order valence-corrected chi connectivity index (χ2v) is 4.44. The normalized spacial score (nSPS) is 26.2. The summed E-state index contributed by atoms with van der Waals surface area (Å²) in [6, 6.07) is 0. The molecule has 0 N–H and O–H groups in total. The molecular formula is C11H22. The Morgan fingerprint density at radius 3 is 2.18 bits per heavy atom. The van der Waals surface area contributed by atoms with E-state index in [0.717, 1.165) is 11.8 Å². The third-order valence-corrected chi connectivity index (χ3v) is 4.01. The molecule has 0 aromatic rings. The van der Waals surface area contributed by atoms with Crippen molar-refractivity contribution >= 4 is 0 Å². The highest BCUT2D eigenvalue weighted by atomic mass is 14.5. The van der Waals surface area contributed by atoms with E-state index in [4.69, 9.17) is 0 Å². The molecule has 0 aromatic carbocycles. The van der Waals surface area contributed by atoms with E-state index in [1.807, 2.05) is 0 Å². The molecule has 1 rings (SSSR count). The molecule has 2 unspecified atom stereocenters. The van der Waals surface area contributed by atoms with E-state index >= 15 is 0 Å². The lowest BCUT2D eigenvalue weighted by atomic mass is 9.71. The highest BCUT2D eigenvalue weighted by Gasteiger charge is 2.42. The molecular weight excluding hydrogens is 132 g/mol. The molecule has 0 bridgehead atoms. The van der Waals surface area contributed by atoms with Gasteiger partial charge in [0.1, 0.15) is 0 Å². The maximum absolute atomic E-state index is 2.48. The summed E-state index contributed by atoms with van der Waals surface area (Å²) in [5.41, 5.74) is 0.661. The molecule has 1 saturated carbocycles. The molecule has 1 aliphatic rings. The smallest absolute Gasteiger partial charge is 0.0275 e.